The molecular weight excluding hydrogens is 264 g/mol. The molecule has 1 amide bonds. The second kappa shape index (κ2) is 5.84. The van der Waals surface area contributed by atoms with E-state index in [1.54, 1.807) is 19.1 Å². The van der Waals surface area contributed by atoms with E-state index in [2.05, 4.69) is 11.4 Å². The van der Waals surface area contributed by atoms with Gasteiger partial charge < -0.3 is 9.73 Å². The lowest BCUT2D eigenvalue weighted by atomic mass is 10.0. The molecule has 2 rings (SSSR count). The summed E-state index contributed by atoms with van der Waals surface area (Å²) in [6.45, 7) is 7.44. The molecule has 1 heterocycles. The molecule has 0 saturated heterocycles. The average Bonchev–Trinajstić information content (AvgIpc) is 2.72. The van der Waals surface area contributed by atoms with E-state index in [4.69, 9.17) is 9.68 Å². The molecule has 0 aliphatic carbocycles. The van der Waals surface area contributed by atoms with E-state index in [0.29, 0.717) is 16.9 Å². The van der Waals surface area contributed by atoms with Crippen molar-refractivity contribution in [1.29, 1.82) is 5.26 Å². The van der Waals surface area contributed by atoms with Crippen molar-refractivity contribution in [3.63, 3.8) is 0 Å². The number of amides is 1. The van der Waals surface area contributed by atoms with Crippen LogP contribution in [0, 0.1) is 32.1 Å². The molecule has 2 aromatic rings. The van der Waals surface area contributed by atoms with Crippen LogP contribution in [0.4, 0.5) is 0 Å². The van der Waals surface area contributed by atoms with Crippen LogP contribution in [0.5, 0.6) is 0 Å². The van der Waals surface area contributed by atoms with Crippen molar-refractivity contribution in [2.75, 3.05) is 0 Å². The van der Waals surface area contributed by atoms with Crippen LogP contribution in [-0.4, -0.2) is 5.91 Å². The van der Waals surface area contributed by atoms with Gasteiger partial charge in [-0.3, -0.25) is 4.79 Å². The number of carbonyl (C=O) groups is 1. The zero-order chi connectivity index (χ0) is 15.6. The molecule has 1 aromatic carbocycles. The van der Waals surface area contributed by atoms with Gasteiger partial charge in [-0.15, -0.1) is 0 Å². The van der Waals surface area contributed by atoms with Crippen LogP contribution in [0.25, 0.3) is 0 Å². The van der Waals surface area contributed by atoms with E-state index in [0.717, 1.165) is 16.9 Å². The van der Waals surface area contributed by atoms with Crippen LogP contribution in [-0.2, 0) is 0 Å². The number of nitrogens with one attached hydrogen (secondary N) is 1. The molecule has 0 saturated carbocycles. The maximum Gasteiger partial charge on any atom is 0.255 e. The monoisotopic (exact) mass is 282 g/mol. The summed E-state index contributed by atoms with van der Waals surface area (Å²) in [5, 5.41) is 11.8. The number of carbonyl (C=O) groups excluding carboxylic acids is 1. The molecule has 0 radical (unpaired) electrons. The van der Waals surface area contributed by atoms with E-state index in [9.17, 15) is 4.79 Å². The third kappa shape index (κ3) is 2.97. The maximum absolute atomic E-state index is 12.4. The van der Waals surface area contributed by atoms with Crippen molar-refractivity contribution >= 4 is 5.91 Å². The zero-order valence-electron chi connectivity index (χ0n) is 12.7. The molecule has 0 fully saturated rings. The molecule has 0 spiro atoms. The highest BCUT2D eigenvalue weighted by Gasteiger charge is 2.20. The Kier molecular flexibility index (Phi) is 4.13. The van der Waals surface area contributed by atoms with Crippen molar-refractivity contribution in [2.45, 2.75) is 33.7 Å². The van der Waals surface area contributed by atoms with Gasteiger partial charge in [-0.1, -0.05) is 12.1 Å². The Hall–Kier alpha value is -2.54. The standard InChI is InChI=1S/C17H18N2O2/c1-10-12(3)21-13(4)16(10)17(20)19-11(2)15-7-5-14(9-18)6-8-15/h5-8,11H,1-4H3,(H,19,20). The Morgan fingerprint density at radius 3 is 2.29 bits per heavy atom. The normalized spacial score (nSPS) is 11.8. The fraction of sp³-hybridized carbons (Fsp3) is 0.294. The minimum absolute atomic E-state index is 0.140. The summed E-state index contributed by atoms with van der Waals surface area (Å²) in [5.74, 6) is 1.26. The van der Waals surface area contributed by atoms with Crippen LogP contribution in [0.2, 0.25) is 0 Å². The average molecular weight is 282 g/mol. The molecule has 1 aromatic heterocycles. The Labute approximate surface area is 124 Å². The van der Waals surface area contributed by atoms with Crippen molar-refractivity contribution < 1.29 is 9.21 Å². The minimum atomic E-state index is -0.140. The number of aryl methyl sites for hydroxylation is 2. The van der Waals surface area contributed by atoms with Gasteiger partial charge in [0.15, 0.2) is 0 Å². The van der Waals surface area contributed by atoms with Crippen LogP contribution >= 0.6 is 0 Å². The summed E-state index contributed by atoms with van der Waals surface area (Å²) in [7, 11) is 0. The number of rotatable bonds is 3. The zero-order valence-corrected chi connectivity index (χ0v) is 12.7. The molecule has 108 valence electrons. The van der Waals surface area contributed by atoms with E-state index in [1.165, 1.54) is 0 Å². The quantitative estimate of drug-likeness (QED) is 0.935. The van der Waals surface area contributed by atoms with Gasteiger partial charge in [-0.2, -0.15) is 5.26 Å². The summed E-state index contributed by atoms with van der Waals surface area (Å²) >= 11 is 0. The highest BCUT2D eigenvalue weighted by Crippen LogP contribution is 2.22. The van der Waals surface area contributed by atoms with Crippen molar-refractivity contribution in [2.24, 2.45) is 0 Å². The minimum Gasteiger partial charge on any atom is -0.466 e. The SMILES string of the molecule is Cc1oc(C)c(C(=O)NC(C)c2ccc(C#N)cc2)c1C. The lowest BCUT2D eigenvalue weighted by Gasteiger charge is -2.14. The second-order valence-electron chi connectivity index (χ2n) is 5.14. The van der Waals surface area contributed by atoms with Gasteiger partial charge in [0.2, 0.25) is 0 Å². The molecule has 0 bridgehead atoms. The summed E-state index contributed by atoms with van der Waals surface area (Å²) < 4.78 is 5.49. The van der Waals surface area contributed by atoms with Crippen LogP contribution in [0.1, 0.15) is 51.5 Å². The predicted molar refractivity (Wildman–Crippen MR) is 80.0 cm³/mol. The van der Waals surface area contributed by atoms with Gasteiger partial charge in [-0.25, -0.2) is 0 Å². The molecule has 0 aliphatic heterocycles. The topological polar surface area (TPSA) is 66.0 Å². The first-order valence-corrected chi connectivity index (χ1v) is 6.81. The first-order valence-electron chi connectivity index (χ1n) is 6.81. The largest absolute Gasteiger partial charge is 0.466 e. The molecule has 1 unspecified atom stereocenters. The lowest BCUT2D eigenvalue weighted by molar-refractivity contribution is 0.0938. The van der Waals surface area contributed by atoms with Crippen molar-refractivity contribution in [1.82, 2.24) is 5.32 Å². The third-order valence-electron chi connectivity index (χ3n) is 3.68. The van der Waals surface area contributed by atoms with Gasteiger partial charge in [0.1, 0.15) is 11.5 Å². The fourth-order valence-electron chi connectivity index (χ4n) is 2.33. The molecule has 4 heteroatoms. The summed E-state index contributed by atoms with van der Waals surface area (Å²) in [5.41, 5.74) is 3.04. The van der Waals surface area contributed by atoms with Gasteiger partial charge in [0.25, 0.3) is 5.91 Å². The van der Waals surface area contributed by atoms with Gasteiger partial charge in [0, 0.05) is 5.56 Å². The van der Waals surface area contributed by atoms with Crippen LogP contribution < -0.4 is 5.32 Å². The first-order chi connectivity index (χ1) is 9.93. The molecule has 4 nitrogen and oxygen atoms in total. The van der Waals surface area contributed by atoms with Crippen LogP contribution in [0.3, 0.4) is 0 Å². The lowest BCUT2D eigenvalue weighted by Crippen LogP contribution is -2.27. The van der Waals surface area contributed by atoms with E-state index in [-0.39, 0.29) is 11.9 Å². The number of nitrogens with zero attached hydrogens (tertiary/aromatic N) is 1. The Morgan fingerprint density at radius 1 is 1.19 bits per heavy atom. The maximum atomic E-state index is 12.4. The fourth-order valence-corrected chi connectivity index (χ4v) is 2.33. The van der Waals surface area contributed by atoms with Gasteiger partial charge >= 0.3 is 0 Å². The summed E-state index contributed by atoms with van der Waals surface area (Å²) in [6, 6.07) is 9.13. The molecule has 21 heavy (non-hydrogen) atoms. The Balaban J connectivity index is 2.17. The molecule has 1 N–H and O–H groups in total. The van der Waals surface area contributed by atoms with E-state index in [1.807, 2.05) is 32.9 Å². The van der Waals surface area contributed by atoms with E-state index >= 15 is 0 Å². The van der Waals surface area contributed by atoms with Crippen LogP contribution in [0.15, 0.2) is 28.7 Å². The van der Waals surface area contributed by atoms with Crippen molar-refractivity contribution in [3.05, 3.63) is 58.0 Å². The highest BCUT2D eigenvalue weighted by atomic mass is 16.3. The highest BCUT2D eigenvalue weighted by molar-refractivity contribution is 5.97. The summed E-state index contributed by atoms with van der Waals surface area (Å²) in [6.07, 6.45) is 0. The first kappa shape index (κ1) is 14.9. The molecule has 1 atom stereocenters. The number of benzene rings is 1. The van der Waals surface area contributed by atoms with Crippen molar-refractivity contribution in [3.8, 4) is 6.07 Å². The smallest absolute Gasteiger partial charge is 0.255 e. The number of furan rings is 1. The molecule has 0 aliphatic rings. The van der Waals surface area contributed by atoms with Gasteiger partial charge in [0.05, 0.1) is 23.2 Å². The van der Waals surface area contributed by atoms with Gasteiger partial charge in [-0.05, 0) is 45.4 Å². The third-order valence-corrected chi connectivity index (χ3v) is 3.68. The summed E-state index contributed by atoms with van der Waals surface area (Å²) in [4.78, 5) is 12.4. The number of hydrogen-bond donors (Lipinski definition) is 1. The number of hydrogen-bond acceptors (Lipinski definition) is 3. The molecular formula is C17H18N2O2. The van der Waals surface area contributed by atoms with E-state index < -0.39 is 0 Å². The Bertz CT molecular complexity index is 706. The Morgan fingerprint density at radius 2 is 1.81 bits per heavy atom. The predicted octanol–water partition coefficient (Wildman–Crippen LogP) is 3.57. The second-order valence-corrected chi connectivity index (χ2v) is 5.14. The number of nitriles is 1.